The van der Waals surface area contributed by atoms with Gasteiger partial charge in [0.25, 0.3) is 5.91 Å². The van der Waals surface area contributed by atoms with Crippen molar-refractivity contribution < 1.29 is 23.7 Å². The van der Waals surface area contributed by atoms with Crippen molar-refractivity contribution in [3.63, 3.8) is 0 Å². The molecule has 2 aromatic carbocycles. The van der Waals surface area contributed by atoms with Gasteiger partial charge in [0.15, 0.2) is 23.0 Å². The summed E-state index contributed by atoms with van der Waals surface area (Å²) in [4.78, 5) is 12.3. The quantitative estimate of drug-likeness (QED) is 0.531. The molecular weight excluding hydrogens is 384 g/mol. The summed E-state index contributed by atoms with van der Waals surface area (Å²) in [6, 6.07) is 8.26. The Labute approximate surface area is 169 Å². The van der Waals surface area contributed by atoms with Crippen LogP contribution >= 0.6 is 11.6 Å². The first-order valence-electron chi connectivity index (χ1n) is 8.49. The monoisotopic (exact) mass is 406 g/mol. The fourth-order valence-electron chi connectivity index (χ4n) is 2.40. The average molecular weight is 407 g/mol. The van der Waals surface area contributed by atoms with E-state index in [4.69, 9.17) is 30.5 Å². The summed E-state index contributed by atoms with van der Waals surface area (Å²) >= 11 is 6.16. The van der Waals surface area contributed by atoms with Gasteiger partial charge in [-0.1, -0.05) is 11.6 Å². The van der Waals surface area contributed by atoms with Crippen LogP contribution in [0.5, 0.6) is 23.0 Å². The number of hydrogen-bond acceptors (Lipinski definition) is 6. The summed E-state index contributed by atoms with van der Waals surface area (Å²) in [5.41, 5.74) is 3.49. The normalized spacial score (nSPS) is 10.8. The lowest BCUT2D eigenvalue weighted by atomic mass is 10.2. The number of benzene rings is 2. The summed E-state index contributed by atoms with van der Waals surface area (Å²) < 4.78 is 21.3. The SMILES string of the molecule is COc1cc(C(=O)N/N=C/c2cc(Cl)c(OC)c(OC)c2)ccc1OC(C)C. The summed E-state index contributed by atoms with van der Waals surface area (Å²) in [5, 5.41) is 4.34. The minimum Gasteiger partial charge on any atom is -0.493 e. The van der Waals surface area contributed by atoms with Gasteiger partial charge in [0.2, 0.25) is 0 Å². The highest BCUT2D eigenvalue weighted by Gasteiger charge is 2.12. The van der Waals surface area contributed by atoms with Gasteiger partial charge in [-0.05, 0) is 49.7 Å². The zero-order chi connectivity index (χ0) is 20.7. The van der Waals surface area contributed by atoms with Crippen LogP contribution in [0.2, 0.25) is 5.02 Å². The van der Waals surface area contributed by atoms with E-state index >= 15 is 0 Å². The third-order valence-corrected chi connectivity index (χ3v) is 3.90. The van der Waals surface area contributed by atoms with E-state index in [2.05, 4.69) is 10.5 Å². The molecule has 0 radical (unpaired) electrons. The van der Waals surface area contributed by atoms with Crippen molar-refractivity contribution in [1.29, 1.82) is 0 Å². The number of carbonyl (C=O) groups excluding carboxylic acids is 1. The minimum atomic E-state index is -0.391. The van der Waals surface area contributed by atoms with Gasteiger partial charge >= 0.3 is 0 Å². The van der Waals surface area contributed by atoms with E-state index < -0.39 is 5.91 Å². The number of rotatable bonds is 8. The maximum Gasteiger partial charge on any atom is 0.271 e. The number of methoxy groups -OCH3 is 3. The molecule has 0 aliphatic rings. The molecule has 1 amide bonds. The van der Waals surface area contributed by atoms with Crippen LogP contribution in [0.4, 0.5) is 0 Å². The maximum atomic E-state index is 12.3. The summed E-state index contributed by atoms with van der Waals surface area (Å²) in [6.45, 7) is 3.82. The lowest BCUT2D eigenvalue weighted by molar-refractivity contribution is 0.0954. The van der Waals surface area contributed by atoms with Crippen molar-refractivity contribution >= 4 is 23.7 Å². The van der Waals surface area contributed by atoms with Crippen LogP contribution in [0.3, 0.4) is 0 Å². The van der Waals surface area contributed by atoms with Crippen molar-refractivity contribution in [3.8, 4) is 23.0 Å². The molecule has 0 bridgehead atoms. The second kappa shape index (κ2) is 9.85. The van der Waals surface area contributed by atoms with Gasteiger partial charge in [0, 0.05) is 5.56 Å². The molecule has 0 aromatic heterocycles. The Hall–Kier alpha value is -2.93. The first kappa shape index (κ1) is 21.4. The molecular formula is C20H23ClN2O5. The van der Waals surface area contributed by atoms with Crippen molar-refractivity contribution in [2.75, 3.05) is 21.3 Å². The van der Waals surface area contributed by atoms with Crippen molar-refractivity contribution in [3.05, 3.63) is 46.5 Å². The predicted molar refractivity (Wildman–Crippen MR) is 108 cm³/mol. The second-order valence-corrected chi connectivity index (χ2v) is 6.38. The third-order valence-electron chi connectivity index (χ3n) is 3.62. The van der Waals surface area contributed by atoms with Crippen LogP contribution in [0.25, 0.3) is 0 Å². The molecule has 2 rings (SSSR count). The zero-order valence-corrected chi connectivity index (χ0v) is 17.2. The second-order valence-electron chi connectivity index (χ2n) is 5.97. The molecule has 0 heterocycles. The topological polar surface area (TPSA) is 78.4 Å². The number of nitrogens with zero attached hydrogens (tertiary/aromatic N) is 1. The maximum absolute atomic E-state index is 12.3. The van der Waals surface area contributed by atoms with Crippen LogP contribution in [0.1, 0.15) is 29.8 Å². The molecule has 0 atom stereocenters. The highest BCUT2D eigenvalue weighted by Crippen LogP contribution is 2.35. The van der Waals surface area contributed by atoms with Gasteiger partial charge in [0.05, 0.1) is 38.7 Å². The van der Waals surface area contributed by atoms with E-state index in [1.54, 1.807) is 30.3 Å². The molecule has 2 aromatic rings. The number of carbonyl (C=O) groups is 1. The highest BCUT2D eigenvalue weighted by atomic mass is 35.5. The largest absolute Gasteiger partial charge is 0.493 e. The van der Waals surface area contributed by atoms with E-state index in [-0.39, 0.29) is 6.10 Å². The average Bonchev–Trinajstić information content (AvgIpc) is 2.67. The van der Waals surface area contributed by atoms with Gasteiger partial charge in [-0.2, -0.15) is 5.10 Å². The zero-order valence-electron chi connectivity index (χ0n) is 16.4. The molecule has 1 N–H and O–H groups in total. The van der Waals surface area contributed by atoms with Gasteiger partial charge in [-0.25, -0.2) is 5.43 Å². The smallest absolute Gasteiger partial charge is 0.271 e. The lowest BCUT2D eigenvalue weighted by Gasteiger charge is -2.14. The van der Waals surface area contributed by atoms with E-state index in [1.807, 2.05) is 13.8 Å². The van der Waals surface area contributed by atoms with Crippen LogP contribution in [-0.4, -0.2) is 39.6 Å². The van der Waals surface area contributed by atoms with Gasteiger partial charge in [-0.15, -0.1) is 0 Å². The number of halogens is 1. The van der Waals surface area contributed by atoms with Crippen LogP contribution < -0.4 is 24.4 Å². The fourth-order valence-corrected chi connectivity index (χ4v) is 2.70. The van der Waals surface area contributed by atoms with Crippen LogP contribution in [0.15, 0.2) is 35.4 Å². The van der Waals surface area contributed by atoms with Crippen LogP contribution in [-0.2, 0) is 0 Å². The van der Waals surface area contributed by atoms with E-state index in [0.717, 1.165) is 0 Å². The first-order chi connectivity index (χ1) is 13.4. The van der Waals surface area contributed by atoms with Crippen molar-refractivity contribution in [1.82, 2.24) is 5.43 Å². The molecule has 0 saturated carbocycles. The Balaban J connectivity index is 2.12. The van der Waals surface area contributed by atoms with Gasteiger partial charge in [-0.3, -0.25) is 4.79 Å². The number of nitrogens with one attached hydrogen (secondary N) is 1. The number of hydrazone groups is 1. The van der Waals surface area contributed by atoms with E-state index in [9.17, 15) is 4.79 Å². The third kappa shape index (κ3) is 5.29. The Morgan fingerprint density at radius 3 is 2.36 bits per heavy atom. The minimum absolute atomic E-state index is 0.00788. The van der Waals surface area contributed by atoms with Crippen molar-refractivity contribution in [2.45, 2.75) is 20.0 Å². The van der Waals surface area contributed by atoms with Gasteiger partial charge in [0.1, 0.15) is 0 Å². The Kier molecular flexibility index (Phi) is 7.52. The molecule has 0 aliphatic carbocycles. The van der Waals surface area contributed by atoms with Crippen LogP contribution in [0, 0.1) is 0 Å². The number of ether oxygens (including phenoxy) is 4. The highest BCUT2D eigenvalue weighted by molar-refractivity contribution is 6.32. The molecule has 0 unspecified atom stereocenters. The Morgan fingerprint density at radius 2 is 1.75 bits per heavy atom. The van der Waals surface area contributed by atoms with Gasteiger partial charge < -0.3 is 18.9 Å². The molecule has 0 spiro atoms. The fraction of sp³-hybridized carbons (Fsp3) is 0.300. The molecule has 28 heavy (non-hydrogen) atoms. The molecule has 150 valence electrons. The molecule has 0 fully saturated rings. The number of hydrogen-bond donors (Lipinski definition) is 1. The molecule has 0 aliphatic heterocycles. The lowest BCUT2D eigenvalue weighted by Crippen LogP contribution is -2.18. The Morgan fingerprint density at radius 1 is 1.04 bits per heavy atom. The van der Waals surface area contributed by atoms with E-state index in [1.165, 1.54) is 27.5 Å². The van der Waals surface area contributed by atoms with E-state index in [0.29, 0.717) is 39.1 Å². The summed E-state index contributed by atoms with van der Waals surface area (Å²) in [5.74, 6) is 1.54. The molecule has 7 nitrogen and oxygen atoms in total. The molecule has 8 heteroatoms. The summed E-state index contributed by atoms with van der Waals surface area (Å²) in [7, 11) is 4.53. The Bertz CT molecular complexity index is 868. The first-order valence-corrected chi connectivity index (χ1v) is 8.87. The number of amides is 1. The standard InChI is InChI=1S/C20H23ClN2O5/c1-12(2)28-16-7-6-14(10-17(16)25-3)20(24)23-22-11-13-8-15(21)19(27-5)18(9-13)26-4/h6-12H,1-5H3,(H,23,24)/b22-11+. The van der Waals surface area contributed by atoms with Crippen molar-refractivity contribution in [2.24, 2.45) is 5.10 Å². The predicted octanol–water partition coefficient (Wildman–Crippen LogP) is 3.92. The molecule has 0 saturated heterocycles. The summed E-state index contributed by atoms with van der Waals surface area (Å²) in [6.07, 6.45) is 1.45.